The second-order valence-electron chi connectivity index (χ2n) is 6.38. The van der Waals surface area contributed by atoms with Gasteiger partial charge in [-0.25, -0.2) is 0 Å². The number of nitrogens with one attached hydrogen (secondary N) is 2. The number of methoxy groups -OCH3 is 1. The van der Waals surface area contributed by atoms with Gasteiger partial charge in [-0.3, -0.25) is 9.59 Å². The molecule has 2 aromatic rings. The summed E-state index contributed by atoms with van der Waals surface area (Å²) in [5.74, 6) is 0.383. The molecule has 0 fully saturated rings. The molecule has 1 atom stereocenters. The van der Waals surface area contributed by atoms with E-state index in [0.717, 1.165) is 0 Å². The number of anilines is 1. The molecule has 6 heteroatoms. The maximum Gasteiger partial charge on any atom is 0.251 e. The van der Waals surface area contributed by atoms with Gasteiger partial charge in [0.25, 0.3) is 5.91 Å². The van der Waals surface area contributed by atoms with E-state index in [2.05, 4.69) is 10.6 Å². The van der Waals surface area contributed by atoms with Crippen LogP contribution in [0.15, 0.2) is 48.5 Å². The summed E-state index contributed by atoms with van der Waals surface area (Å²) >= 11 is 5.85. The molecule has 0 aliphatic carbocycles. The Bertz CT molecular complexity index is 743. The van der Waals surface area contributed by atoms with Crippen LogP contribution in [0, 0.1) is 5.92 Å². The zero-order valence-electron chi connectivity index (χ0n) is 15.1. The van der Waals surface area contributed by atoms with Crippen molar-refractivity contribution in [1.82, 2.24) is 5.32 Å². The molecule has 2 aromatic carbocycles. The van der Waals surface area contributed by atoms with Gasteiger partial charge in [-0.15, -0.1) is 0 Å². The van der Waals surface area contributed by atoms with Crippen molar-refractivity contribution < 1.29 is 14.3 Å². The third-order valence-electron chi connectivity index (χ3n) is 3.79. The number of hydrogen-bond acceptors (Lipinski definition) is 3. The number of carbonyl (C=O) groups excluding carboxylic acids is 2. The van der Waals surface area contributed by atoms with Crippen molar-refractivity contribution in [3.8, 4) is 5.75 Å². The predicted molar refractivity (Wildman–Crippen MR) is 104 cm³/mol. The highest BCUT2D eigenvalue weighted by Gasteiger charge is 2.22. The van der Waals surface area contributed by atoms with E-state index in [0.29, 0.717) is 28.4 Å². The van der Waals surface area contributed by atoms with Crippen LogP contribution in [-0.4, -0.2) is 25.0 Å². The van der Waals surface area contributed by atoms with E-state index in [9.17, 15) is 9.59 Å². The number of halogens is 1. The van der Waals surface area contributed by atoms with Gasteiger partial charge in [0.2, 0.25) is 5.91 Å². The van der Waals surface area contributed by atoms with Gasteiger partial charge < -0.3 is 15.4 Å². The van der Waals surface area contributed by atoms with Crippen molar-refractivity contribution in [1.29, 1.82) is 0 Å². The van der Waals surface area contributed by atoms with Crippen LogP contribution in [0.25, 0.3) is 0 Å². The highest BCUT2D eigenvalue weighted by Crippen LogP contribution is 2.16. The van der Waals surface area contributed by atoms with Gasteiger partial charge in [0.1, 0.15) is 11.8 Å². The average molecular weight is 375 g/mol. The second-order valence-corrected chi connectivity index (χ2v) is 6.82. The first-order valence-electron chi connectivity index (χ1n) is 8.40. The summed E-state index contributed by atoms with van der Waals surface area (Å²) in [7, 11) is 1.58. The van der Waals surface area contributed by atoms with Crippen LogP contribution in [0.2, 0.25) is 5.02 Å². The lowest BCUT2D eigenvalue weighted by atomic mass is 10.0. The molecule has 26 heavy (non-hydrogen) atoms. The van der Waals surface area contributed by atoms with Crippen LogP contribution in [0.5, 0.6) is 5.75 Å². The normalized spacial score (nSPS) is 11.7. The smallest absolute Gasteiger partial charge is 0.251 e. The number of carbonyl (C=O) groups is 2. The molecule has 0 saturated heterocycles. The van der Waals surface area contributed by atoms with Crippen LogP contribution in [0.1, 0.15) is 30.6 Å². The minimum Gasteiger partial charge on any atom is -0.497 e. The van der Waals surface area contributed by atoms with Gasteiger partial charge in [-0.2, -0.15) is 0 Å². The number of rotatable bonds is 7. The Labute approximate surface area is 158 Å². The minimum atomic E-state index is -0.639. The lowest BCUT2D eigenvalue weighted by Crippen LogP contribution is -2.44. The molecule has 0 aliphatic heterocycles. The zero-order valence-corrected chi connectivity index (χ0v) is 15.8. The fourth-order valence-electron chi connectivity index (χ4n) is 2.45. The molecule has 138 valence electrons. The monoisotopic (exact) mass is 374 g/mol. The third kappa shape index (κ3) is 5.77. The van der Waals surface area contributed by atoms with E-state index in [4.69, 9.17) is 16.3 Å². The molecule has 0 aromatic heterocycles. The van der Waals surface area contributed by atoms with Crippen LogP contribution in [0.4, 0.5) is 5.69 Å². The van der Waals surface area contributed by atoms with Crippen molar-refractivity contribution >= 4 is 29.1 Å². The Hall–Kier alpha value is -2.53. The Morgan fingerprint density at radius 1 is 1.04 bits per heavy atom. The summed E-state index contributed by atoms with van der Waals surface area (Å²) < 4.78 is 5.11. The van der Waals surface area contributed by atoms with E-state index in [1.54, 1.807) is 55.6 Å². The fraction of sp³-hybridized carbons (Fsp3) is 0.300. The lowest BCUT2D eigenvalue weighted by molar-refractivity contribution is -0.118. The van der Waals surface area contributed by atoms with Crippen LogP contribution in [0.3, 0.4) is 0 Å². The second kappa shape index (κ2) is 9.25. The number of ether oxygens (including phenoxy) is 1. The van der Waals surface area contributed by atoms with Crippen LogP contribution >= 0.6 is 11.6 Å². The standard InChI is InChI=1S/C20H23ClN2O3/c1-13(2)12-18(23-19(24)14-4-6-15(21)7-5-14)20(25)22-16-8-10-17(26-3)11-9-16/h4-11,13,18H,12H2,1-3H3,(H,22,25)(H,23,24)/t18-/m0/s1. The topological polar surface area (TPSA) is 67.4 Å². The molecule has 2 N–H and O–H groups in total. The Balaban J connectivity index is 2.08. The highest BCUT2D eigenvalue weighted by atomic mass is 35.5. The summed E-state index contributed by atoms with van der Waals surface area (Å²) in [6.45, 7) is 4.00. The first-order chi connectivity index (χ1) is 12.4. The van der Waals surface area contributed by atoms with Crippen LogP contribution < -0.4 is 15.4 Å². The molecule has 0 bridgehead atoms. The molecule has 2 rings (SSSR count). The first-order valence-corrected chi connectivity index (χ1v) is 8.78. The Kier molecular flexibility index (Phi) is 7.04. The number of hydrogen-bond donors (Lipinski definition) is 2. The van der Waals surface area contributed by atoms with Gasteiger partial charge in [-0.1, -0.05) is 25.4 Å². The van der Waals surface area contributed by atoms with Gasteiger partial charge in [0.15, 0.2) is 0 Å². The molecule has 0 aliphatic rings. The molecule has 0 radical (unpaired) electrons. The maximum absolute atomic E-state index is 12.6. The quantitative estimate of drug-likeness (QED) is 0.765. The summed E-state index contributed by atoms with van der Waals surface area (Å²) in [5, 5.41) is 6.20. The Morgan fingerprint density at radius 3 is 2.19 bits per heavy atom. The van der Waals surface area contributed by atoms with Gasteiger partial charge in [0, 0.05) is 16.3 Å². The lowest BCUT2D eigenvalue weighted by Gasteiger charge is -2.20. The van der Waals surface area contributed by atoms with Crippen molar-refractivity contribution in [2.75, 3.05) is 12.4 Å². The number of benzene rings is 2. The predicted octanol–water partition coefficient (Wildman–Crippen LogP) is 4.13. The minimum absolute atomic E-state index is 0.243. The van der Waals surface area contributed by atoms with E-state index in [-0.39, 0.29) is 17.7 Å². The molecule has 2 amide bonds. The van der Waals surface area contributed by atoms with Crippen LogP contribution in [-0.2, 0) is 4.79 Å². The van der Waals surface area contributed by atoms with E-state index >= 15 is 0 Å². The van der Waals surface area contributed by atoms with Crippen molar-refractivity contribution in [3.63, 3.8) is 0 Å². The van der Waals surface area contributed by atoms with Crippen molar-refractivity contribution in [3.05, 3.63) is 59.1 Å². The summed E-state index contributed by atoms with van der Waals surface area (Å²) in [6, 6.07) is 12.9. The molecular formula is C20H23ClN2O3. The molecule has 0 saturated carbocycles. The summed E-state index contributed by atoms with van der Waals surface area (Å²) in [6.07, 6.45) is 0.529. The zero-order chi connectivity index (χ0) is 19.1. The molecular weight excluding hydrogens is 352 g/mol. The van der Waals surface area contributed by atoms with Crippen molar-refractivity contribution in [2.45, 2.75) is 26.3 Å². The average Bonchev–Trinajstić information content (AvgIpc) is 2.62. The van der Waals surface area contributed by atoms with Crippen molar-refractivity contribution in [2.24, 2.45) is 5.92 Å². The third-order valence-corrected chi connectivity index (χ3v) is 4.04. The van der Waals surface area contributed by atoms with Gasteiger partial charge in [-0.05, 0) is 60.9 Å². The van der Waals surface area contributed by atoms with Gasteiger partial charge in [0.05, 0.1) is 7.11 Å². The van der Waals surface area contributed by atoms with E-state index in [1.165, 1.54) is 0 Å². The van der Waals surface area contributed by atoms with E-state index in [1.807, 2.05) is 13.8 Å². The van der Waals surface area contributed by atoms with Gasteiger partial charge >= 0.3 is 0 Å². The SMILES string of the molecule is COc1ccc(NC(=O)[C@H](CC(C)C)NC(=O)c2ccc(Cl)cc2)cc1. The number of amides is 2. The summed E-state index contributed by atoms with van der Waals surface area (Å²) in [5.41, 5.74) is 1.10. The summed E-state index contributed by atoms with van der Waals surface area (Å²) in [4.78, 5) is 25.1. The van der Waals surface area contributed by atoms with E-state index < -0.39 is 6.04 Å². The Morgan fingerprint density at radius 2 is 1.65 bits per heavy atom. The first kappa shape index (κ1) is 19.8. The maximum atomic E-state index is 12.6. The molecule has 0 unspecified atom stereocenters. The largest absolute Gasteiger partial charge is 0.497 e. The highest BCUT2D eigenvalue weighted by molar-refractivity contribution is 6.30. The molecule has 0 spiro atoms. The molecule has 0 heterocycles. The molecule has 5 nitrogen and oxygen atoms in total. The fourth-order valence-corrected chi connectivity index (χ4v) is 2.58.